The Morgan fingerprint density at radius 2 is 2.05 bits per heavy atom. The maximum Gasteiger partial charge on any atom is 0.171 e. The summed E-state index contributed by atoms with van der Waals surface area (Å²) in [5, 5.41) is 12.0. The van der Waals surface area contributed by atoms with Crippen molar-refractivity contribution >= 4 is 34.6 Å². The highest BCUT2D eigenvalue weighted by Gasteiger charge is 2.05. The maximum absolute atomic E-state index is 5.85. The summed E-state index contributed by atoms with van der Waals surface area (Å²) in [5.41, 5.74) is 2.99. The zero-order valence-electron chi connectivity index (χ0n) is 11.5. The number of hydrogen-bond acceptors (Lipinski definition) is 2. The van der Waals surface area contributed by atoms with E-state index in [1.54, 1.807) is 0 Å². The highest BCUT2D eigenvalue weighted by molar-refractivity contribution is 7.80. The van der Waals surface area contributed by atoms with E-state index in [1.165, 1.54) is 0 Å². The molecule has 20 heavy (non-hydrogen) atoms. The van der Waals surface area contributed by atoms with Gasteiger partial charge in [0.05, 0.1) is 11.4 Å². The Balaban J connectivity index is 1.89. The van der Waals surface area contributed by atoms with E-state index in [0.29, 0.717) is 11.7 Å². The van der Waals surface area contributed by atoms with Crippen LogP contribution in [0.3, 0.4) is 0 Å². The third-order valence-corrected chi connectivity index (χ3v) is 3.38. The van der Waals surface area contributed by atoms with Crippen LogP contribution in [-0.2, 0) is 13.1 Å². The molecule has 0 saturated heterocycles. The molecular weight excluding hydrogens is 292 g/mol. The van der Waals surface area contributed by atoms with Gasteiger partial charge in [-0.25, -0.2) is 0 Å². The molecule has 0 atom stereocenters. The van der Waals surface area contributed by atoms with Crippen LogP contribution in [0.4, 0.5) is 5.69 Å². The minimum Gasteiger partial charge on any atom is -0.358 e. The van der Waals surface area contributed by atoms with Gasteiger partial charge in [0.1, 0.15) is 0 Å². The predicted molar refractivity (Wildman–Crippen MR) is 87.2 cm³/mol. The van der Waals surface area contributed by atoms with Gasteiger partial charge in [-0.2, -0.15) is 5.10 Å². The second-order valence-electron chi connectivity index (χ2n) is 4.42. The standard InChI is InChI=1S/C14H17ClN4S/c1-3-19-9-13(10(2)18-19)17-14(20)16-8-11-4-6-12(15)7-5-11/h4-7,9H,3,8H2,1-2H3,(H2,16,17,20). The lowest BCUT2D eigenvalue weighted by Gasteiger charge is -2.09. The van der Waals surface area contributed by atoms with Crippen molar-refractivity contribution in [3.05, 3.63) is 46.7 Å². The van der Waals surface area contributed by atoms with Crippen LogP contribution in [0, 0.1) is 6.92 Å². The average molecular weight is 309 g/mol. The molecule has 0 aliphatic heterocycles. The van der Waals surface area contributed by atoms with E-state index in [9.17, 15) is 0 Å². The molecule has 2 rings (SSSR count). The first-order chi connectivity index (χ1) is 9.58. The monoisotopic (exact) mass is 308 g/mol. The minimum atomic E-state index is 0.582. The molecule has 0 saturated carbocycles. The first-order valence-corrected chi connectivity index (χ1v) is 7.20. The van der Waals surface area contributed by atoms with Gasteiger partial charge in [-0.05, 0) is 43.8 Å². The molecule has 0 amide bonds. The fourth-order valence-electron chi connectivity index (χ4n) is 1.75. The molecule has 106 valence electrons. The van der Waals surface area contributed by atoms with Gasteiger partial charge >= 0.3 is 0 Å². The molecule has 1 aromatic carbocycles. The molecule has 2 N–H and O–H groups in total. The number of aryl methyl sites for hydroxylation is 2. The molecule has 0 unspecified atom stereocenters. The number of rotatable bonds is 4. The number of anilines is 1. The Morgan fingerprint density at radius 3 is 2.65 bits per heavy atom. The summed E-state index contributed by atoms with van der Waals surface area (Å²) >= 11 is 11.1. The summed E-state index contributed by atoms with van der Waals surface area (Å²) < 4.78 is 1.87. The highest BCUT2D eigenvalue weighted by Crippen LogP contribution is 2.12. The topological polar surface area (TPSA) is 41.9 Å². The van der Waals surface area contributed by atoms with Gasteiger partial charge in [0.25, 0.3) is 0 Å². The smallest absolute Gasteiger partial charge is 0.171 e. The molecule has 1 heterocycles. The third kappa shape index (κ3) is 3.95. The molecule has 0 bridgehead atoms. The Hall–Kier alpha value is -1.59. The van der Waals surface area contributed by atoms with E-state index in [0.717, 1.165) is 28.5 Å². The van der Waals surface area contributed by atoms with Gasteiger partial charge in [-0.3, -0.25) is 4.68 Å². The molecule has 0 aliphatic carbocycles. The van der Waals surface area contributed by atoms with Gasteiger partial charge in [-0.15, -0.1) is 0 Å². The van der Waals surface area contributed by atoms with Crippen LogP contribution in [0.1, 0.15) is 18.2 Å². The molecule has 4 nitrogen and oxygen atoms in total. The van der Waals surface area contributed by atoms with Crippen LogP contribution in [-0.4, -0.2) is 14.9 Å². The van der Waals surface area contributed by atoms with Gasteiger partial charge in [0.2, 0.25) is 0 Å². The summed E-state index contributed by atoms with van der Waals surface area (Å²) in [7, 11) is 0. The van der Waals surface area contributed by atoms with E-state index in [2.05, 4.69) is 15.7 Å². The van der Waals surface area contributed by atoms with Crippen LogP contribution >= 0.6 is 23.8 Å². The van der Waals surface area contributed by atoms with Crippen molar-refractivity contribution in [2.45, 2.75) is 26.9 Å². The van der Waals surface area contributed by atoms with Crippen LogP contribution < -0.4 is 10.6 Å². The van der Waals surface area contributed by atoms with E-state index in [4.69, 9.17) is 23.8 Å². The van der Waals surface area contributed by atoms with Crippen LogP contribution in [0.5, 0.6) is 0 Å². The van der Waals surface area contributed by atoms with Gasteiger partial charge in [0, 0.05) is 24.3 Å². The number of nitrogens with one attached hydrogen (secondary N) is 2. The lowest BCUT2D eigenvalue weighted by Crippen LogP contribution is -2.27. The molecule has 0 aliphatic rings. The average Bonchev–Trinajstić information content (AvgIpc) is 2.79. The van der Waals surface area contributed by atoms with Gasteiger partial charge in [-0.1, -0.05) is 23.7 Å². The van der Waals surface area contributed by atoms with Crippen molar-refractivity contribution in [2.24, 2.45) is 0 Å². The van der Waals surface area contributed by atoms with E-state index < -0.39 is 0 Å². The normalized spacial score (nSPS) is 10.3. The van der Waals surface area contributed by atoms with E-state index in [1.807, 2.05) is 49.0 Å². The highest BCUT2D eigenvalue weighted by atomic mass is 35.5. The number of halogens is 1. The Morgan fingerprint density at radius 1 is 1.35 bits per heavy atom. The second-order valence-corrected chi connectivity index (χ2v) is 5.26. The van der Waals surface area contributed by atoms with E-state index in [-0.39, 0.29) is 0 Å². The summed E-state index contributed by atoms with van der Waals surface area (Å²) in [6, 6.07) is 7.67. The minimum absolute atomic E-state index is 0.582. The second kappa shape index (κ2) is 6.72. The number of nitrogens with zero attached hydrogens (tertiary/aromatic N) is 2. The predicted octanol–water partition coefficient (Wildman–Crippen LogP) is 3.35. The van der Waals surface area contributed by atoms with E-state index >= 15 is 0 Å². The first-order valence-electron chi connectivity index (χ1n) is 6.42. The molecule has 6 heteroatoms. The first kappa shape index (κ1) is 14.8. The zero-order chi connectivity index (χ0) is 14.5. The third-order valence-electron chi connectivity index (χ3n) is 2.88. The Kier molecular flexibility index (Phi) is 4.98. The Labute approximate surface area is 129 Å². The van der Waals surface area contributed by atoms with Crippen LogP contribution in [0.2, 0.25) is 5.02 Å². The lowest BCUT2D eigenvalue weighted by molar-refractivity contribution is 0.653. The van der Waals surface area contributed by atoms with Crippen molar-refractivity contribution in [1.29, 1.82) is 0 Å². The van der Waals surface area contributed by atoms with Crippen LogP contribution in [0.25, 0.3) is 0 Å². The largest absolute Gasteiger partial charge is 0.358 e. The number of benzene rings is 1. The number of hydrogen-bond donors (Lipinski definition) is 2. The molecule has 0 spiro atoms. The molecule has 0 fully saturated rings. The van der Waals surface area contributed by atoms with Gasteiger partial charge < -0.3 is 10.6 Å². The molecule has 2 aromatic rings. The lowest BCUT2D eigenvalue weighted by atomic mass is 10.2. The van der Waals surface area contributed by atoms with Crippen molar-refractivity contribution in [3.8, 4) is 0 Å². The van der Waals surface area contributed by atoms with Crippen molar-refractivity contribution in [3.63, 3.8) is 0 Å². The van der Waals surface area contributed by atoms with Gasteiger partial charge in [0.15, 0.2) is 5.11 Å². The summed E-state index contributed by atoms with van der Waals surface area (Å²) in [6.45, 7) is 5.50. The fourth-order valence-corrected chi connectivity index (χ4v) is 2.06. The fraction of sp³-hybridized carbons (Fsp3) is 0.286. The number of aromatic nitrogens is 2. The van der Waals surface area contributed by atoms with Crippen LogP contribution in [0.15, 0.2) is 30.5 Å². The van der Waals surface area contributed by atoms with Crippen molar-refractivity contribution in [1.82, 2.24) is 15.1 Å². The summed E-state index contributed by atoms with van der Waals surface area (Å²) in [6.07, 6.45) is 1.95. The van der Waals surface area contributed by atoms with Crippen molar-refractivity contribution < 1.29 is 0 Å². The quantitative estimate of drug-likeness (QED) is 0.850. The number of thiocarbonyl (C=S) groups is 1. The molecule has 0 radical (unpaired) electrons. The summed E-state index contributed by atoms with van der Waals surface area (Å²) in [5.74, 6) is 0. The molecule has 1 aromatic heterocycles. The molecular formula is C14H17ClN4S. The zero-order valence-corrected chi connectivity index (χ0v) is 13.1. The Bertz CT molecular complexity index is 592. The SMILES string of the molecule is CCn1cc(NC(=S)NCc2ccc(Cl)cc2)c(C)n1. The van der Waals surface area contributed by atoms with Crippen molar-refractivity contribution in [2.75, 3.05) is 5.32 Å². The summed E-state index contributed by atoms with van der Waals surface area (Å²) in [4.78, 5) is 0. The maximum atomic E-state index is 5.85.